The van der Waals surface area contributed by atoms with Crippen LogP contribution in [0.1, 0.15) is 37.7 Å². The van der Waals surface area contributed by atoms with Crippen LogP contribution in [0.4, 0.5) is 5.69 Å². The second-order valence-electron chi connectivity index (χ2n) is 8.13. The number of aryl methyl sites for hydroxylation is 1. The second-order valence-corrected chi connectivity index (χ2v) is 8.13. The molecule has 26 heavy (non-hydrogen) atoms. The van der Waals surface area contributed by atoms with E-state index in [1.54, 1.807) is 4.90 Å². The average Bonchev–Trinajstić information content (AvgIpc) is 3.20. The van der Waals surface area contributed by atoms with Crippen molar-refractivity contribution >= 4 is 17.5 Å². The fourth-order valence-corrected chi connectivity index (χ4v) is 4.90. The van der Waals surface area contributed by atoms with E-state index in [9.17, 15) is 9.59 Å². The lowest BCUT2D eigenvalue weighted by Gasteiger charge is -2.37. The van der Waals surface area contributed by atoms with Gasteiger partial charge < -0.3 is 4.90 Å². The molecule has 0 bridgehead atoms. The summed E-state index contributed by atoms with van der Waals surface area (Å²) in [6, 6.07) is 8.52. The molecule has 0 aromatic heterocycles. The zero-order chi connectivity index (χ0) is 18.1. The normalized spacial score (nSPS) is 23.4. The summed E-state index contributed by atoms with van der Waals surface area (Å²) in [5, 5.41) is 0. The van der Waals surface area contributed by atoms with Gasteiger partial charge in [0.1, 0.15) is 0 Å². The molecule has 0 N–H and O–H groups in total. The number of rotatable bonds is 4. The lowest BCUT2D eigenvalue weighted by Crippen LogP contribution is -2.49. The minimum absolute atomic E-state index is 0.0513. The summed E-state index contributed by atoms with van der Waals surface area (Å²) in [5.41, 5.74) is 2.30. The number of hydrogen-bond donors (Lipinski definition) is 0. The van der Waals surface area contributed by atoms with Gasteiger partial charge in [0.25, 0.3) is 0 Å². The number of carbonyl (C=O) groups is 2. The number of nitrogens with zero attached hydrogens (tertiary/aromatic N) is 3. The minimum Gasteiger partial charge on any atom is -0.369 e. The van der Waals surface area contributed by atoms with Crippen LogP contribution in [-0.2, 0) is 9.59 Å². The zero-order valence-electron chi connectivity index (χ0n) is 15.7. The van der Waals surface area contributed by atoms with Crippen LogP contribution in [0.15, 0.2) is 24.3 Å². The fourth-order valence-electron chi connectivity index (χ4n) is 4.90. The number of carbonyl (C=O) groups excluding carboxylic acids is 2. The predicted octanol–water partition coefficient (Wildman–Crippen LogP) is 2.44. The fraction of sp³-hybridized carbons (Fsp3) is 0.619. The Labute approximate surface area is 155 Å². The maximum atomic E-state index is 12.8. The molecule has 0 unspecified atom stereocenters. The Kier molecular flexibility index (Phi) is 4.74. The molecule has 1 aliphatic carbocycles. The molecule has 2 amide bonds. The summed E-state index contributed by atoms with van der Waals surface area (Å²) < 4.78 is 0. The molecule has 1 saturated carbocycles. The van der Waals surface area contributed by atoms with Gasteiger partial charge in [0.05, 0.1) is 5.41 Å². The summed E-state index contributed by atoms with van der Waals surface area (Å²) in [7, 11) is 0. The van der Waals surface area contributed by atoms with Gasteiger partial charge in [-0.1, -0.05) is 31.0 Å². The first-order chi connectivity index (χ1) is 12.6. The van der Waals surface area contributed by atoms with Crippen LogP contribution in [0.5, 0.6) is 0 Å². The van der Waals surface area contributed by atoms with Gasteiger partial charge in [-0.15, -0.1) is 0 Å². The van der Waals surface area contributed by atoms with Crippen molar-refractivity contribution in [2.24, 2.45) is 5.41 Å². The third-order valence-corrected chi connectivity index (χ3v) is 6.52. The van der Waals surface area contributed by atoms with Gasteiger partial charge in [-0.2, -0.15) is 0 Å². The quantitative estimate of drug-likeness (QED) is 0.778. The third kappa shape index (κ3) is 3.13. The molecule has 1 aromatic rings. The molecular weight excluding hydrogens is 326 g/mol. The van der Waals surface area contributed by atoms with Crippen molar-refractivity contribution in [3.05, 3.63) is 29.8 Å². The Morgan fingerprint density at radius 1 is 0.962 bits per heavy atom. The molecule has 5 heteroatoms. The third-order valence-electron chi connectivity index (χ3n) is 6.52. The maximum absolute atomic E-state index is 12.8. The highest BCUT2D eigenvalue weighted by Gasteiger charge is 2.52. The van der Waals surface area contributed by atoms with Crippen molar-refractivity contribution in [3.8, 4) is 0 Å². The molecule has 5 nitrogen and oxygen atoms in total. The number of para-hydroxylation sites is 1. The largest absolute Gasteiger partial charge is 0.369 e. The summed E-state index contributed by atoms with van der Waals surface area (Å²) in [5.74, 6) is 0.161. The Bertz CT molecular complexity index is 688. The van der Waals surface area contributed by atoms with Gasteiger partial charge in [0.15, 0.2) is 0 Å². The topological polar surface area (TPSA) is 43.9 Å². The van der Waals surface area contributed by atoms with Crippen LogP contribution in [0.2, 0.25) is 0 Å². The predicted molar refractivity (Wildman–Crippen MR) is 102 cm³/mol. The molecule has 4 rings (SSSR count). The van der Waals surface area contributed by atoms with Crippen molar-refractivity contribution in [1.29, 1.82) is 0 Å². The standard InChI is InChI=1S/C21H29N3O2/c1-17-6-2-3-7-18(17)23-13-10-22(11-14-23)12-15-24-19(25)16-21(20(24)26)8-4-5-9-21/h2-3,6-7H,4-5,8-16H2,1H3. The van der Waals surface area contributed by atoms with Crippen LogP contribution in [0.25, 0.3) is 0 Å². The van der Waals surface area contributed by atoms with E-state index in [2.05, 4.69) is 41.0 Å². The van der Waals surface area contributed by atoms with Crippen LogP contribution in [0, 0.1) is 12.3 Å². The Hall–Kier alpha value is -1.88. The van der Waals surface area contributed by atoms with E-state index in [4.69, 9.17) is 0 Å². The van der Waals surface area contributed by atoms with Crippen molar-refractivity contribution < 1.29 is 9.59 Å². The van der Waals surface area contributed by atoms with Crippen LogP contribution < -0.4 is 4.90 Å². The lowest BCUT2D eigenvalue weighted by atomic mass is 9.84. The average molecular weight is 355 g/mol. The molecular formula is C21H29N3O2. The van der Waals surface area contributed by atoms with Crippen LogP contribution in [-0.4, -0.2) is 60.9 Å². The smallest absolute Gasteiger partial charge is 0.235 e. The number of hydrogen-bond acceptors (Lipinski definition) is 4. The molecule has 1 spiro atoms. The first-order valence-corrected chi connectivity index (χ1v) is 9.97. The Morgan fingerprint density at radius 2 is 1.65 bits per heavy atom. The SMILES string of the molecule is Cc1ccccc1N1CCN(CCN2C(=O)CC3(CCCC3)C2=O)CC1. The molecule has 1 aromatic carbocycles. The van der Waals surface area contributed by atoms with Crippen molar-refractivity contribution in [3.63, 3.8) is 0 Å². The first-order valence-electron chi connectivity index (χ1n) is 9.97. The Balaban J connectivity index is 1.29. The number of piperazine rings is 1. The van der Waals surface area contributed by atoms with E-state index in [1.165, 1.54) is 11.3 Å². The van der Waals surface area contributed by atoms with Crippen molar-refractivity contribution in [1.82, 2.24) is 9.80 Å². The molecule has 0 radical (unpaired) electrons. The molecule has 2 saturated heterocycles. The number of anilines is 1. The summed E-state index contributed by atoms with van der Waals surface area (Å²) >= 11 is 0. The van der Waals surface area contributed by atoms with Crippen molar-refractivity contribution in [2.75, 3.05) is 44.2 Å². The van der Waals surface area contributed by atoms with Gasteiger partial charge in [-0.05, 0) is 31.4 Å². The Morgan fingerprint density at radius 3 is 2.35 bits per heavy atom. The van der Waals surface area contributed by atoms with E-state index in [0.717, 1.165) is 58.4 Å². The second kappa shape index (κ2) is 7.03. The molecule has 2 aliphatic heterocycles. The van der Waals surface area contributed by atoms with Gasteiger partial charge in [0, 0.05) is 51.4 Å². The highest BCUT2D eigenvalue weighted by atomic mass is 16.2. The van der Waals surface area contributed by atoms with Gasteiger partial charge in [-0.3, -0.25) is 19.4 Å². The molecule has 3 aliphatic rings. The minimum atomic E-state index is -0.333. The van der Waals surface area contributed by atoms with E-state index in [0.29, 0.717) is 13.0 Å². The number of amides is 2. The highest BCUT2D eigenvalue weighted by molar-refractivity contribution is 6.06. The molecule has 2 heterocycles. The van der Waals surface area contributed by atoms with E-state index < -0.39 is 0 Å². The first kappa shape index (κ1) is 17.5. The number of imide groups is 1. The summed E-state index contributed by atoms with van der Waals surface area (Å²) in [6.07, 6.45) is 4.45. The van der Waals surface area contributed by atoms with E-state index >= 15 is 0 Å². The van der Waals surface area contributed by atoms with Gasteiger partial charge in [0.2, 0.25) is 11.8 Å². The summed E-state index contributed by atoms with van der Waals surface area (Å²) in [4.78, 5) is 31.5. The number of benzene rings is 1. The highest BCUT2D eigenvalue weighted by Crippen LogP contribution is 2.46. The molecule has 140 valence electrons. The van der Waals surface area contributed by atoms with Crippen LogP contribution in [0.3, 0.4) is 0 Å². The number of likely N-dealkylation sites (tertiary alicyclic amines) is 1. The monoisotopic (exact) mass is 355 g/mol. The zero-order valence-corrected chi connectivity index (χ0v) is 15.7. The van der Waals surface area contributed by atoms with E-state index in [1.807, 2.05) is 0 Å². The molecule has 3 fully saturated rings. The summed E-state index contributed by atoms with van der Waals surface area (Å²) in [6.45, 7) is 7.48. The molecule has 0 atom stereocenters. The van der Waals surface area contributed by atoms with Gasteiger partial charge in [-0.25, -0.2) is 0 Å². The van der Waals surface area contributed by atoms with Crippen LogP contribution >= 0.6 is 0 Å². The van der Waals surface area contributed by atoms with E-state index in [-0.39, 0.29) is 17.2 Å². The maximum Gasteiger partial charge on any atom is 0.235 e. The van der Waals surface area contributed by atoms with Gasteiger partial charge >= 0.3 is 0 Å². The van der Waals surface area contributed by atoms with Crippen molar-refractivity contribution in [2.45, 2.75) is 39.0 Å². The lowest BCUT2D eigenvalue weighted by molar-refractivity contribution is -0.141.